The smallest absolute Gasteiger partial charge is 0.317 e. The Morgan fingerprint density at radius 1 is 1.24 bits per heavy atom. The zero-order valence-corrected chi connectivity index (χ0v) is 14.7. The molecular formula is C20H26N4O. The highest BCUT2D eigenvalue weighted by atomic mass is 16.2. The number of amides is 2. The van der Waals surface area contributed by atoms with E-state index in [4.69, 9.17) is 0 Å². The zero-order valence-electron chi connectivity index (χ0n) is 14.7. The summed E-state index contributed by atoms with van der Waals surface area (Å²) in [6.07, 6.45) is 8.80. The number of benzene rings is 1. The number of nitrogens with one attached hydrogen (secondary N) is 1. The number of nitrogens with zero attached hydrogens (tertiary/aromatic N) is 3. The van der Waals surface area contributed by atoms with Gasteiger partial charge in [-0.3, -0.25) is 0 Å². The molecule has 132 valence electrons. The number of piperidine rings is 1. The molecule has 2 aliphatic rings. The van der Waals surface area contributed by atoms with Crippen LogP contribution in [-0.2, 0) is 0 Å². The van der Waals surface area contributed by atoms with Crippen LogP contribution in [0.4, 0.5) is 4.79 Å². The predicted octanol–water partition coefficient (Wildman–Crippen LogP) is 3.42. The minimum Gasteiger partial charge on any atom is -0.335 e. The van der Waals surface area contributed by atoms with Crippen molar-refractivity contribution in [1.29, 1.82) is 0 Å². The number of carbonyl (C=O) groups excluding carboxylic acids is 1. The van der Waals surface area contributed by atoms with E-state index >= 15 is 0 Å². The standard InChI is InChI=1S/C20H26N4O/c1-15-7-9-23(13-19(15)24-10-8-21-14-24)20(25)22-18-11-17(12-18)16-5-3-2-4-6-16/h2-6,8,10,14-15,17-19H,7,9,11-13H2,1H3,(H,22,25)/t15-,17?,18?,19-/m1/s1. The molecule has 5 heteroatoms. The molecule has 0 spiro atoms. The van der Waals surface area contributed by atoms with Crippen molar-refractivity contribution in [2.45, 2.75) is 44.2 Å². The molecule has 1 aliphatic carbocycles. The van der Waals surface area contributed by atoms with Gasteiger partial charge < -0.3 is 14.8 Å². The molecule has 2 heterocycles. The van der Waals surface area contributed by atoms with Crippen molar-refractivity contribution >= 4 is 6.03 Å². The van der Waals surface area contributed by atoms with E-state index in [2.05, 4.69) is 52.1 Å². The molecule has 0 bridgehead atoms. The summed E-state index contributed by atoms with van der Waals surface area (Å²) < 4.78 is 2.14. The lowest BCUT2D eigenvalue weighted by molar-refractivity contribution is 0.132. The molecule has 2 atom stereocenters. The number of likely N-dealkylation sites (tertiary alicyclic amines) is 1. The highest BCUT2D eigenvalue weighted by molar-refractivity contribution is 5.74. The first-order chi connectivity index (χ1) is 12.2. The fourth-order valence-corrected chi connectivity index (χ4v) is 4.09. The van der Waals surface area contributed by atoms with E-state index in [1.165, 1.54) is 5.56 Å². The maximum atomic E-state index is 12.7. The lowest BCUT2D eigenvalue weighted by Crippen LogP contribution is -2.52. The summed E-state index contributed by atoms with van der Waals surface area (Å²) in [5.74, 6) is 1.15. The minimum absolute atomic E-state index is 0.0912. The molecule has 2 fully saturated rings. The number of hydrogen-bond donors (Lipinski definition) is 1. The van der Waals surface area contributed by atoms with Crippen LogP contribution in [0.15, 0.2) is 49.1 Å². The van der Waals surface area contributed by atoms with Crippen LogP contribution in [0.1, 0.15) is 43.7 Å². The van der Waals surface area contributed by atoms with Gasteiger partial charge in [-0.15, -0.1) is 0 Å². The van der Waals surface area contributed by atoms with Gasteiger partial charge in [0.25, 0.3) is 0 Å². The van der Waals surface area contributed by atoms with Gasteiger partial charge in [-0.05, 0) is 36.7 Å². The Morgan fingerprint density at radius 2 is 2.04 bits per heavy atom. The third-order valence-electron chi connectivity index (χ3n) is 5.85. The van der Waals surface area contributed by atoms with Crippen molar-refractivity contribution in [2.75, 3.05) is 13.1 Å². The number of imidazole rings is 1. The van der Waals surface area contributed by atoms with Crippen LogP contribution in [0.2, 0.25) is 0 Å². The van der Waals surface area contributed by atoms with Crippen molar-refractivity contribution in [1.82, 2.24) is 19.8 Å². The van der Waals surface area contributed by atoms with Gasteiger partial charge in [0.15, 0.2) is 0 Å². The van der Waals surface area contributed by atoms with Gasteiger partial charge in [0.1, 0.15) is 0 Å². The SMILES string of the molecule is C[C@@H]1CCN(C(=O)NC2CC(c3ccccc3)C2)C[C@H]1n1ccnc1. The van der Waals surface area contributed by atoms with E-state index in [1.807, 2.05) is 23.6 Å². The fourth-order valence-electron chi connectivity index (χ4n) is 4.09. The van der Waals surface area contributed by atoms with Crippen molar-refractivity contribution in [3.05, 3.63) is 54.6 Å². The van der Waals surface area contributed by atoms with Gasteiger partial charge in [-0.1, -0.05) is 37.3 Å². The third kappa shape index (κ3) is 3.41. The van der Waals surface area contributed by atoms with Crippen LogP contribution < -0.4 is 5.32 Å². The molecular weight excluding hydrogens is 312 g/mol. The van der Waals surface area contributed by atoms with Crippen LogP contribution in [-0.4, -0.2) is 39.6 Å². The minimum atomic E-state index is 0.0912. The van der Waals surface area contributed by atoms with Crippen LogP contribution in [0.25, 0.3) is 0 Å². The second kappa shape index (κ2) is 6.90. The van der Waals surface area contributed by atoms with E-state index in [0.29, 0.717) is 23.9 Å². The van der Waals surface area contributed by atoms with E-state index in [9.17, 15) is 4.79 Å². The second-order valence-electron chi connectivity index (χ2n) is 7.51. The van der Waals surface area contributed by atoms with E-state index in [0.717, 1.165) is 32.4 Å². The van der Waals surface area contributed by atoms with Gasteiger partial charge in [-0.25, -0.2) is 9.78 Å². The Bertz CT molecular complexity index is 694. The van der Waals surface area contributed by atoms with Crippen LogP contribution >= 0.6 is 0 Å². The van der Waals surface area contributed by atoms with Gasteiger partial charge in [0.2, 0.25) is 0 Å². The predicted molar refractivity (Wildman–Crippen MR) is 97.4 cm³/mol. The first kappa shape index (κ1) is 16.2. The highest BCUT2D eigenvalue weighted by Gasteiger charge is 2.34. The quantitative estimate of drug-likeness (QED) is 0.932. The average Bonchev–Trinajstić information content (AvgIpc) is 3.13. The topological polar surface area (TPSA) is 50.2 Å². The molecule has 5 nitrogen and oxygen atoms in total. The molecule has 1 aliphatic heterocycles. The molecule has 1 N–H and O–H groups in total. The first-order valence-corrected chi connectivity index (χ1v) is 9.28. The molecule has 2 amide bonds. The van der Waals surface area contributed by atoms with E-state index in [1.54, 1.807) is 0 Å². The van der Waals surface area contributed by atoms with Crippen molar-refractivity contribution in [2.24, 2.45) is 5.92 Å². The van der Waals surface area contributed by atoms with Gasteiger partial charge in [0.05, 0.1) is 12.4 Å². The van der Waals surface area contributed by atoms with Crippen LogP contribution in [0, 0.1) is 5.92 Å². The highest BCUT2D eigenvalue weighted by Crippen LogP contribution is 2.37. The largest absolute Gasteiger partial charge is 0.335 e. The Morgan fingerprint density at radius 3 is 2.76 bits per heavy atom. The lowest BCUT2D eigenvalue weighted by atomic mass is 9.76. The number of urea groups is 1. The van der Waals surface area contributed by atoms with Crippen molar-refractivity contribution < 1.29 is 4.79 Å². The average molecular weight is 338 g/mol. The third-order valence-corrected chi connectivity index (χ3v) is 5.85. The lowest BCUT2D eigenvalue weighted by Gasteiger charge is -2.41. The number of aromatic nitrogens is 2. The molecule has 1 aromatic carbocycles. The van der Waals surface area contributed by atoms with Crippen molar-refractivity contribution in [3.8, 4) is 0 Å². The molecule has 2 aromatic rings. The first-order valence-electron chi connectivity index (χ1n) is 9.28. The molecule has 1 saturated carbocycles. The number of carbonyl (C=O) groups is 1. The Labute approximate surface area is 149 Å². The number of rotatable bonds is 3. The Hall–Kier alpha value is -2.30. The monoisotopic (exact) mass is 338 g/mol. The summed E-state index contributed by atoms with van der Waals surface area (Å²) in [5, 5.41) is 3.23. The molecule has 25 heavy (non-hydrogen) atoms. The molecule has 0 unspecified atom stereocenters. The zero-order chi connectivity index (χ0) is 17.2. The normalized spacial score (nSPS) is 29.1. The fraction of sp³-hybridized carbons (Fsp3) is 0.500. The summed E-state index contributed by atoms with van der Waals surface area (Å²) in [5.41, 5.74) is 1.39. The summed E-state index contributed by atoms with van der Waals surface area (Å²) in [6, 6.07) is 11.3. The summed E-state index contributed by atoms with van der Waals surface area (Å²) in [7, 11) is 0. The molecule has 1 saturated heterocycles. The van der Waals surface area contributed by atoms with E-state index < -0.39 is 0 Å². The summed E-state index contributed by atoms with van der Waals surface area (Å²) in [4.78, 5) is 18.8. The van der Waals surface area contributed by atoms with Gasteiger partial charge in [-0.2, -0.15) is 0 Å². The molecule has 4 rings (SSSR count). The van der Waals surface area contributed by atoms with Crippen LogP contribution in [0.5, 0.6) is 0 Å². The maximum absolute atomic E-state index is 12.7. The summed E-state index contributed by atoms with van der Waals surface area (Å²) >= 11 is 0. The Kier molecular flexibility index (Phi) is 4.47. The maximum Gasteiger partial charge on any atom is 0.317 e. The second-order valence-corrected chi connectivity index (χ2v) is 7.51. The van der Waals surface area contributed by atoms with E-state index in [-0.39, 0.29) is 6.03 Å². The summed E-state index contributed by atoms with van der Waals surface area (Å²) in [6.45, 7) is 3.86. The molecule has 1 aromatic heterocycles. The van der Waals surface area contributed by atoms with Crippen LogP contribution in [0.3, 0.4) is 0 Å². The molecule has 0 radical (unpaired) electrons. The number of hydrogen-bond acceptors (Lipinski definition) is 2. The van der Waals surface area contributed by atoms with Gasteiger partial charge in [0, 0.05) is 31.5 Å². The Balaban J connectivity index is 1.30. The van der Waals surface area contributed by atoms with Crippen molar-refractivity contribution in [3.63, 3.8) is 0 Å². The van der Waals surface area contributed by atoms with Gasteiger partial charge >= 0.3 is 6.03 Å².